The van der Waals surface area contributed by atoms with Crippen molar-refractivity contribution in [2.75, 3.05) is 26.3 Å². The predicted octanol–water partition coefficient (Wildman–Crippen LogP) is 2.68. The fourth-order valence-electron chi connectivity index (χ4n) is 3.80. The fraction of sp³-hybridized carbons (Fsp3) is 0.238. The van der Waals surface area contributed by atoms with Gasteiger partial charge in [-0.05, 0) is 24.8 Å². The molecule has 3 aliphatic rings. The number of amidine groups is 3. The number of aromatic nitrogens is 3. The summed E-state index contributed by atoms with van der Waals surface area (Å²) in [7, 11) is 0. The van der Waals surface area contributed by atoms with Crippen molar-refractivity contribution in [3.63, 3.8) is 0 Å². The molecule has 1 fully saturated rings. The van der Waals surface area contributed by atoms with Crippen LogP contribution < -0.4 is 0 Å². The van der Waals surface area contributed by atoms with E-state index in [1.165, 1.54) is 28.1 Å². The van der Waals surface area contributed by atoms with E-state index in [-0.39, 0.29) is 11.4 Å². The molecule has 1 N–H and O–H groups in total. The number of nitrogens with zero attached hydrogens (tertiary/aromatic N) is 7. The molecule has 0 unspecified atom stereocenters. The number of aliphatic imine (C=N–C) groups is 1. The second-order valence-corrected chi connectivity index (χ2v) is 9.62. The SMILES string of the molecule is Cc1nn2c(C=C3C(=N)N4N=C(N5CCOCC5)SC4=NC3=O)c(-c3ccccc3)nc2s1. The van der Waals surface area contributed by atoms with E-state index >= 15 is 0 Å². The van der Waals surface area contributed by atoms with E-state index in [1.54, 1.807) is 10.6 Å². The number of carbonyl (C=O) groups excluding carboxylic acids is 1. The van der Waals surface area contributed by atoms with Crippen LogP contribution in [0.1, 0.15) is 10.7 Å². The summed E-state index contributed by atoms with van der Waals surface area (Å²) in [5.41, 5.74) is 2.39. The Balaban J connectivity index is 1.42. The molecule has 33 heavy (non-hydrogen) atoms. The Bertz CT molecular complexity index is 1380. The third-order valence-corrected chi connectivity index (χ3v) is 7.19. The molecule has 1 amide bonds. The van der Waals surface area contributed by atoms with Gasteiger partial charge in [0.05, 0.1) is 30.2 Å². The minimum atomic E-state index is -0.474. The number of morpholine rings is 1. The van der Waals surface area contributed by atoms with E-state index in [9.17, 15) is 4.79 Å². The van der Waals surface area contributed by atoms with E-state index in [0.717, 1.165) is 20.7 Å². The van der Waals surface area contributed by atoms with E-state index in [4.69, 9.17) is 15.1 Å². The van der Waals surface area contributed by atoms with Crippen molar-refractivity contribution in [1.82, 2.24) is 24.5 Å². The Morgan fingerprint density at radius 2 is 1.94 bits per heavy atom. The predicted molar refractivity (Wildman–Crippen MR) is 128 cm³/mol. The maximum atomic E-state index is 13.0. The third-order valence-electron chi connectivity index (χ3n) is 5.39. The molecular formula is C21H18N8O2S2. The molecule has 5 heterocycles. The second kappa shape index (κ2) is 7.90. The summed E-state index contributed by atoms with van der Waals surface area (Å²) < 4.78 is 7.13. The zero-order valence-corrected chi connectivity index (χ0v) is 19.2. The quantitative estimate of drug-likeness (QED) is 0.564. The standard InChI is InChI=1S/C21H18N8O2S2/c1-12-25-28-15(16(23-19(28)32-12)13-5-3-2-4-6-13)11-14-17(22)29-20(24-18(14)30)33-21(26-29)27-7-9-31-10-8-27/h2-6,11,22H,7-10H2,1H3. The van der Waals surface area contributed by atoms with Gasteiger partial charge in [-0.3, -0.25) is 10.2 Å². The minimum Gasteiger partial charge on any atom is -0.378 e. The van der Waals surface area contributed by atoms with Gasteiger partial charge >= 0.3 is 0 Å². The van der Waals surface area contributed by atoms with Crippen LogP contribution in [0.4, 0.5) is 0 Å². The third kappa shape index (κ3) is 3.46. The number of rotatable bonds is 2. The molecule has 3 aromatic rings. The fourth-order valence-corrected chi connectivity index (χ4v) is 5.49. The van der Waals surface area contributed by atoms with Gasteiger partial charge in [-0.25, -0.2) is 9.50 Å². The summed E-state index contributed by atoms with van der Waals surface area (Å²) in [6.07, 6.45) is 1.65. The zero-order chi connectivity index (χ0) is 22.5. The Morgan fingerprint density at radius 3 is 2.73 bits per heavy atom. The number of imidazole rings is 1. The van der Waals surface area contributed by atoms with Crippen LogP contribution in [0.15, 0.2) is 46.0 Å². The smallest absolute Gasteiger partial charge is 0.283 e. The van der Waals surface area contributed by atoms with Gasteiger partial charge in [-0.1, -0.05) is 41.7 Å². The molecule has 2 aromatic heterocycles. The maximum absolute atomic E-state index is 13.0. The Kier molecular flexibility index (Phi) is 4.85. The molecule has 0 saturated carbocycles. The van der Waals surface area contributed by atoms with Crippen LogP contribution in [-0.2, 0) is 9.53 Å². The van der Waals surface area contributed by atoms with Gasteiger partial charge in [0.25, 0.3) is 5.91 Å². The molecule has 10 nitrogen and oxygen atoms in total. The van der Waals surface area contributed by atoms with Gasteiger partial charge in [0.15, 0.2) is 11.0 Å². The van der Waals surface area contributed by atoms with Crippen LogP contribution in [0.2, 0.25) is 0 Å². The van der Waals surface area contributed by atoms with Gasteiger partial charge in [0.1, 0.15) is 5.01 Å². The second-order valence-electron chi connectivity index (χ2n) is 7.53. The Morgan fingerprint density at radius 1 is 1.15 bits per heavy atom. The number of aryl methyl sites for hydroxylation is 1. The van der Waals surface area contributed by atoms with Crippen molar-refractivity contribution in [2.45, 2.75) is 6.92 Å². The maximum Gasteiger partial charge on any atom is 0.283 e. The molecule has 0 atom stereocenters. The highest BCUT2D eigenvalue weighted by molar-refractivity contribution is 8.26. The lowest BCUT2D eigenvalue weighted by atomic mass is 10.1. The van der Waals surface area contributed by atoms with E-state index in [1.807, 2.05) is 37.3 Å². The topological polar surface area (TPSA) is 112 Å². The van der Waals surface area contributed by atoms with Gasteiger partial charge < -0.3 is 9.64 Å². The van der Waals surface area contributed by atoms with Gasteiger partial charge in [0.2, 0.25) is 10.1 Å². The summed E-state index contributed by atoms with van der Waals surface area (Å²) in [5.74, 6) is -0.486. The van der Waals surface area contributed by atoms with Crippen LogP contribution in [0.5, 0.6) is 0 Å². The van der Waals surface area contributed by atoms with Crippen LogP contribution >= 0.6 is 23.1 Å². The molecule has 0 spiro atoms. The summed E-state index contributed by atoms with van der Waals surface area (Å²) in [4.78, 5) is 24.8. The minimum absolute atomic E-state index is 0.0123. The van der Waals surface area contributed by atoms with Crippen LogP contribution in [-0.4, -0.2) is 72.9 Å². The van der Waals surface area contributed by atoms with Crippen molar-refractivity contribution in [3.05, 3.63) is 46.6 Å². The molecule has 6 rings (SSSR count). The van der Waals surface area contributed by atoms with Crippen LogP contribution in [0.3, 0.4) is 0 Å². The number of nitrogens with one attached hydrogen (secondary N) is 1. The number of fused-ring (bicyclic) bond motifs is 2. The summed E-state index contributed by atoms with van der Waals surface area (Å²) in [6, 6.07) is 9.73. The zero-order valence-electron chi connectivity index (χ0n) is 17.6. The molecule has 12 heteroatoms. The lowest BCUT2D eigenvalue weighted by Gasteiger charge is -2.26. The number of carbonyl (C=O) groups is 1. The normalized spacial score (nSPS) is 20.0. The molecule has 0 aliphatic carbocycles. The van der Waals surface area contributed by atoms with E-state index in [2.05, 4.69) is 20.1 Å². The highest BCUT2D eigenvalue weighted by atomic mass is 32.2. The largest absolute Gasteiger partial charge is 0.378 e. The first kappa shape index (κ1) is 20.3. The van der Waals surface area contributed by atoms with Gasteiger partial charge in [-0.15, -0.1) is 5.10 Å². The lowest BCUT2D eigenvalue weighted by molar-refractivity contribution is -0.114. The van der Waals surface area contributed by atoms with E-state index < -0.39 is 5.91 Å². The number of ether oxygens (including phenoxy) is 1. The van der Waals surface area contributed by atoms with Gasteiger partial charge in [0, 0.05) is 18.7 Å². The van der Waals surface area contributed by atoms with Crippen molar-refractivity contribution < 1.29 is 9.53 Å². The Labute approximate surface area is 196 Å². The number of hydrogen-bond acceptors (Lipinski definition) is 9. The molecular weight excluding hydrogens is 460 g/mol. The first-order valence-electron chi connectivity index (χ1n) is 10.3. The molecule has 3 aliphatic heterocycles. The van der Waals surface area contributed by atoms with Crippen molar-refractivity contribution in [2.24, 2.45) is 10.1 Å². The summed E-state index contributed by atoms with van der Waals surface area (Å²) in [5, 5.41) is 21.3. The molecule has 0 radical (unpaired) electrons. The average molecular weight is 479 g/mol. The lowest BCUT2D eigenvalue weighted by Crippen LogP contribution is -2.39. The van der Waals surface area contributed by atoms with Crippen LogP contribution in [0, 0.1) is 12.3 Å². The van der Waals surface area contributed by atoms with Crippen molar-refractivity contribution >= 4 is 56.2 Å². The molecule has 0 bridgehead atoms. The van der Waals surface area contributed by atoms with Crippen LogP contribution in [0.25, 0.3) is 22.3 Å². The first-order valence-corrected chi connectivity index (χ1v) is 12.0. The van der Waals surface area contributed by atoms with E-state index in [0.29, 0.717) is 42.9 Å². The molecule has 1 saturated heterocycles. The highest BCUT2D eigenvalue weighted by Crippen LogP contribution is 2.32. The number of hydrogen-bond donors (Lipinski definition) is 1. The average Bonchev–Trinajstić information content (AvgIpc) is 3.50. The first-order chi connectivity index (χ1) is 16.1. The highest BCUT2D eigenvalue weighted by Gasteiger charge is 2.38. The monoisotopic (exact) mass is 478 g/mol. The molecule has 166 valence electrons. The van der Waals surface area contributed by atoms with Crippen molar-refractivity contribution in [3.8, 4) is 11.3 Å². The molecule has 1 aromatic carbocycles. The number of hydrazone groups is 1. The van der Waals surface area contributed by atoms with Gasteiger partial charge in [-0.2, -0.15) is 15.1 Å². The number of thioether (sulfide) groups is 1. The summed E-state index contributed by atoms with van der Waals surface area (Å²) in [6.45, 7) is 4.59. The number of benzene rings is 1. The number of amides is 1. The Hall–Kier alpha value is -3.35. The summed E-state index contributed by atoms with van der Waals surface area (Å²) >= 11 is 2.77. The van der Waals surface area contributed by atoms with Crippen molar-refractivity contribution in [1.29, 1.82) is 5.41 Å².